The number of fused-ring (bicyclic) bond motifs is 3. The maximum Gasteiger partial charge on any atom is 0.348 e. The monoisotopic (exact) mass is 419 g/mol. The Morgan fingerprint density at radius 1 is 1.21 bits per heavy atom. The van der Waals surface area contributed by atoms with E-state index in [0.717, 1.165) is 28.8 Å². The summed E-state index contributed by atoms with van der Waals surface area (Å²) in [5.41, 5.74) is 3.57. The van der Waals surface area contributed by atoms with Crippen LogP contribution in [-0.2, 0) is 32.2 Å². The molecule has 0 bridgehead atoms. The molecule has 6 nitrogen and oxygen atoms in total. The highest BCUT2D eigenvalue weighted by Crippen LogP contribution is 2.39. The Morgan fingerprint density at radius 2 is 1.96 bits per heavy atom. The van der Waals surface area contributed by atoms with Crippen molar-refractivity contribution in [2.24, 2.45) is 0 Å². The number of thiophene rings is 1. The smallest absolute Gasteiger partial charge is 0.348 e. The lowest BCUT2D eigenvalue weighted by Crippen LogP contribution is -2.40. The number of hydrogen-bond acceptors (Lipinski definition) is 6. The van der Waals surface area contributed by atoms with Gasteiger partial charge in [0.1, 0.15) is 4.88 Å². The predicted octanol–water partition coefficient (Wildman–Crippen LogP) is 2.32. The van der Waals surface area contributed by atoms with Crippen molar-refractivity contribution in [1.29, 1.82) is 0 Å². The molecule has 8 heteroatoms. The first-order valence-electron chi connectivity index (χ1n) is 9.18. The minimum atomic E-state index is -3.07. The van der Waals surface area contributed by atoms with Crippen LogP contribution in [0, 0.1) is 0 Å². The number of esters is 1. The second-order valence-electron chi connectivity index (χ2n) is 7.26. The SMILES string of the molecule is CN(C(=O)COC(=O)c1cc2c(s1)-c1ccccc1CC2)[C@H]1CCS(=O)(=O)C1. The quantitative estimate of drug-likeness (QED) is 0.711. The number of likely N-dealkylation sites (N-methyl/N-ethyl adjacent to an activating group) is 1. The number of benzene rings is 1. The number of hydrogen-bond donors (Lipinski definition) is 0. The molecule has 1 aliphatic heterocycles. The fraction of sp³-hybridized carbons (Fsp3) is 0.400. The Morgan fingerprint density at radius 3 is 2.71 bits per heavy atom. The molecule has 2 heterocycles. The van der Waals surface area contributed by atoms with E-state index in [1.165, 1.54) is 21.8 Å². The van der Waals surface area contributed by atoms with Crippen molar-refractivity contribution < 1.29 is 22.7 Å². The summed E-state index contributed by atoms with van der Waals surface area (Å²) in [6.45, 7) is -0.384. The number of aryl methyl sites for hydroxylation is 2. The van der Waals surface area contributed by atoms with Crippen LogP contribution < -0.4 is 0 Å². The predicted molar refractivity (Wildman–Crippen MR) is 107 cm³/mol. The molecule has 148 valence electrons. The van der Waals surface area contributed by atoms with E-state index in [9.17, 15) is 18.0 Å². The van der Waals surface area contributed by atoms with Gasteiger partial charge in [0, 0.05) is 18.0 Å². The molecule has 1 atom stereocenters. The van der Waals surface area contributed by atoms with E-state index in [1.54, 1.807) is 7.05 Å². The standard InChI is InChI=1S/C20H21NO5S2/c1-21(15-8-9-28(24,25)12-15)18(22)11-26-20(23)17-10-14-7-6-13-4-2-3-5-16(13)19(14)27-17/h2-5,10,15H,6-9,11-12H2,1H3/t15-/m0/s1. The second-order valence-corrected chi connectivity index (χ2v) is 10.5. The third kappa shape index (κ3) is 3.71. The summed E-state index contributed by atoms with van der Waals surface area (Å²) in [5.74, 6) is -0.836. The van der Waals surface area contributed by atoms with Crippen LogP contribution in [0.15, 0.2) is 30.3 Å². The van der Waals surface area contributed by atoms with E-state index in [4.69, 9.17) is 4.74 Å². The molecule has 28 heavy (non-hydrogen) atoms. The summed E-state index contributed by atoms with van der Waals surface area (Å²) in [5, 5.41) is 0. The number of nitrogens with zero attached hydrogens (tertiary/aromatic N) is 1. The fourth-order valence-corrected chi connectivity index (χ4v) is 6.70. The first-order chi connectivity index (χ1) is 13.3. The Kier molecular flexibility index (Phi) is 5.01. The number of carbonyl (C=O) groups excluding carboxylic acids is 2. The molecule has 4 rings (SSSR count). The maximum absolute atomic E-state index is 12.4. The van der Waals surface area contributed by atoms with Crippen molar-refractivity contribution in [1.82, 2.24) is 4.90 Å². The molecule has 0 unspecified atom stereocenters. The van der Waals surface area contributed by atoms with Crippen LogP contribution in [0.2, 0.25) is 0 Å². The van der Waals surface area contributed by atoms with Crippen LogP contribution in [0.1, 0.15) is 27.2 Å². The lowest BCUT2D eigenvalue weighted by molar-refractivity contribution is -0.134. The topological polar surface area (TPSA) is 80.8 Å². The summed E-state index contributed by atoms with van der Waals surface area (Å²) < 4.78 is 28.4. The molecular weight excluding hydrogens is 398 g/mol. The molecule has 0 radical (unpaired) electrons. The molecule has 2 aliphatic rings. The summed E-state index contributed by atoms with van der Waals surface area (Å²) in [7, 11) is -1.52. The van der Waals surface area contributed by atoms with Crippen molar-refractivity contribution in [2.45, 2.75) is 25.3 Å². The van der Waals surface area contributed by atoms with Gasteiger partial charge < -0.3 is 9.64 Å². The zero-order valence-corrected chi connectivity index (χ0v) is 17.1. The van der Waals surface area contributed by atoms with Gasteiger partial charge in [-0.1, -0.05) is 24.3 Å². The Balaban J connectivity index is 1.40. The molecular formula is C20H21NO5S2. The van der Waals surface area contributed by atoms with Gasteiger partial charge in [0.05, 0.1) is 11.5 Å². The van der Waals surface area contributed by atoms with Gasteiger partial charge in [-0.05, 0) is 42.0 Å². The van der Waals surface area contributed by atoms with Gasteiger partial charge in [-0.3, -0.25) is 4.79 Å². The number of ether oxygens (including phenoxy) is 1. The van der Waals surface area contributed by atoms with Crippen LogP contribution in [0.25, 0.3) is 10.4 Å². The van der Waals surface area contributed by atoms with Crippen molar-refractivity contribution in [3.05, 3.63) is 46.3 Å². The maximum atomic E-state index is 12.4. The van der Waals surface area contributed by atoms with Gasteiger partial charge in [-0.2, -0.15) is 0 Å². The van der Waals surface area contributed by atoms with Crippen molar-refractivity contribution in [2.75, 3.05) is 25.2 Å². The van der Waals surface area contributed by atoms with E-state index in [-0.39, 0.29) is 30.1 Å². The summed E-state index contributed by atoms with van der Waals surface area (Å²) >= 11 is 1.39. The summed E-state index contributed by atoms with van der Waals surface area (Å²) in [4.78, 5) is 27.7. The molecule has 0 N–H and O–H groups in total. The minimum Gasteiger partial charge on any atom is -0.451 e. The average molecular weight is 420 g/mol. The highest BCUT2D eigenvalue weighted by molar-refractivity contribution is 7.91. The van der Waals surface area contributed by atoms with Gasteiger partial charge in [0.15, 0.2) is 16.4 Å². The largest absolute Gasteiger partial charge is 0.451 e. The molecule has 0 spiro atoms. The molecule has 1 fully saturated rings. The first-order valence-corrected chi connectivity index (χ1v) is 11.8. The Hall–Kier alpha value is -2.19. The van der Waals surface area contributed by atoms with Crippen molar-refractivity contribution in [3.8, 4) is 10.4 Å². The third-order valence-electron chi connectivity index (χ3n) is 5.41. The molecule has 0 saturated carbocycles. The van der Waals surface area contributed by atoms with E-state index in [0.29, 0.717) is 11.3 Å². The van der Waals surface area contributed by atoms with Crippen LogP contribution in [0.4, 0.5) is 0 Å². The average Bonchev–Trinajstić information content (AvgIpc) is 3.28. The van der Waals surface area contributed by atoms with Crippen LogP contribution >= 0.6 is 11.3 Å². The van der Waals surface area contributed by atoms with Crippen LogP contribution in [-0.4, -0.2) is 56.4 Å². The highest BCUT2D eigenvalue weighted by Gasteiger charge is 2.33. The number of rotatable bonds is 4. The lowest BCUT2D eigenvalue weighted by atomic mass is 9.91. The van der Waals surface area contributed by atoms with Gasteiger partial charge >= 0.3 is 5.97 Å². The summed E-state index contributed by atoms with van der Waals surface area (Å²) in [6.07, 6.45) is 2.26. The third-order valence-corrected chi connectivity index (χ3v) is 8.35. The molecule has 1 saturated heterocycles. The van der Waals surface area contributed by atoms with Crippen LogP contribution in [0.3, 0.4) is 0 Å². The lowest BCUT2D eigenvalue weighted by Gasteiger charge is -2.23. The normalized spacial score (nSPS) is 19.5. The number of amides is 1. The second kappa shape index (κ2) is 7.33. The van der Waals surface area contributed by atoms with E-state index < -0.39 is 15.8 Å². The first kappa shape index (κ1) is 19.1. The molecule has 1 aromatic heterocycles. The summed E-state index contributed by atoms with van der Waals surface area (Å²) in [6, 6.07) is 9.69. The van der Waals surface area contributed by atoms with E-state index >= 15 is 0 Å². The minimum absolute atomic E-state index is 0.0275. The van der Waals surface area contributed by atoms with Crippen molar-refractivity contribution >= 4 is 33.1 Å². The van der Waals surface area contributed by atoms with E-state index in [2.05, 4.69) is 12.1 Å². The van der Waals surface area contributed by atoms with Gasteiger partial charge in [-0.25, -0.2) is 13.2 Å². The Bertz CT molecular complexity index is 1040. The molecule has 1 aliphatic carbocycles. The molecule has 2 aromatic rings. The van der Waals surface area contributed by atoms with E-state index in [1.807, 2.05) is 18.2 Å². The highest BCUT2D eigenvalue weighted by atomic mass is 32.2. The van der Waals surface area contributed by atoms with Gasteiger partial charge in [0.2, 0.25) is 0 Å². The van der Waals surface area contributed by atoms with Crippen LogP contribution in [0.5, 0.6) is 0 Å². The fourth-order valence-electron chi connectivity index (χ4n) is 3.76. The number of sulfone groups is 1. The number of carbonyl (C=O) groups is 2. The zero-order valence-electron chi connectivity index (χ0n) is 15.5. The molecule has 1 amide bonds. The van der Waals surface area contributed by atoms with Gasteiger partial charge in [-0.15, -0.1) is 11.3 Å². The Labute approximate surface area is 168 Å². The molecule has 1 aromatic carbocycles. The zero-order chi connectivity index (χ0) is 19.9. The van der Waals surface area contributed by atoms with Gasteiger partial charge in [0.25, 0.3) is 5.91 Å². The van der Waals surface area contributed by atoms with Crippen molar-refractivity contribution in [3.63, 3.8) is 0 Å².